The van der Waals surface area contributed by atoms with Crippen molar-refractivity contribution in [3.8, 4) is 11.1 Å². The molecule has 0 saturated heterocycles. The van der Waals surface area contributed by atoms with Crippen LogP contribution in [0.1, 0.15) is 0 Å². The molecular weight excluding hydrogens is 411 g/mol. The molecule has 1 heterocycles. The third kappa shape index (κ3) is 3.36. The van der Waals surface area contributed by atoms with Crippen molar-refractivity contribution in [2.24, 2.45) is 0 Å². The van der Waals surface area contributed by atoms with Crippen LogP contribution in [0.25, 0.3) is 11.1 Å². The van der Waals surface area contributed by atoms with Gasteiger partial charge >= 0.3 is 0 Å². The maximum atomic E-state index is 14.3. The van der Waals surface area contributed by atoms with Crippen molar-refractivity contribution in [1.82, 2.24) is 4.98 Å². The molecule has 5 heteroatoms. The lowest BCUT2D eigenvalue weighted by atomic mass is 10.0. The molecule has 110 valence electrons. The summed E-state index contributed by atoms with van der Waals surface area (Å²) in [5.74, 6) is -0.301. The molecule has 0 aliphatic rings. The summed E-state index contributed by atoms with van der Waals surface area (Å²) in [4.78, 5) is 4.18. The first kappa shape index (κ1) is 15.2. The van der Waals surface area contributed by atoms with Gasteiger partial charge in [0.05, 0.1) is 5.69 Å². The van der Waals surface area contributed by atoms with Crippen LogP contribution in [0.15, 0.2) is 69.9 Å². The van der Waals surface area contributed by atoms with E-state index >= 15 is 0 Å². The number of rotatable bonds is 3. The molecule has 0 radical (unpaired) electrons. The van der Waals surface area contributed by atoms with Crippen LogP contribution < -0.4 is 5.32 Å². The van der Waals surface area contributed by atoms with Gasteiger partial charge in [-0.15, -0.1) is 0 Å². The molecule has 0 aliphatic carbocycles. The third-order valence-corrected chi connectivity index (χ3v) is 3.94. The quantitative estimate of drug-likeness (QED) is 0.512. The Kier molecular flexibility index (Phi) is 4.55. The van der Waals surface area contributed by atoms with E-state index in [1.54, 1.807) is 18.2 Å². The van der Waals surface area contributed by atoms with E-state index in [-0.39, 0.29) is 5.82 Å². The number of hydrogen-bond donors (Lipinski definition) is 1. The molecule has 22 heavy (non-hydrogen) atoms. The number of anilines is 2. The number of aromatic nitrogens is 1. The first-order valence-corrected chi connectivity index (χ1v) is 8.16. The van der Waals surface area contributed by atoms with Crippen LogP contribution in [-0.4, -0.2) is 4.98 Å². The molecule has 3 rings (SSSR count). The van der Waals surface area contributed by atoms with E-state index in [9.17, 15) is 4.39 Å². The smallest absolute Gasteiger partial charge is 0.147 e. The van der Waals surface area contributed by atoms with Gasteiger partial charge in [0.15, 0.2) is 0 Å². The van der Waals surface area contributed by atoms with E-state index in [0.29, 0.717) is 14.9 Å². The van der Waals surface area contributed by atoms with E-state index < -0.39 is 0 Å². The Hall–Kier alpha value is -1.72. The fourth-order valence-electron chi connectivity index (χ4n) is 2.19. The van der Waals surface area contributed by atoms with E-state index in [2.05, 4.69) is 42.2 Å². The summed E-state index contributed by atoms with van der Waals surface area (Å²) >= 11 is 6.67. The number of nitrogens with zero attached hydrogens (tertiary/aromatic N) is 1. The van der Waals surface area contributed by atoms with E-state index in [4.69, 9.17) is 0 Å². The van der Waals surface area contributed by atoms with E-state index in [1.165, 1.54) is 6.07 Å². The molecule has 2 nitrogen and oxygen atoms in total. The summed E-state index contributed by atoms with van der Waals surface area (Å²) in [5.41, 5.74) is 2.95. The summed E-state index contributed by atoms with van der Waals surface area (Å²) in [6.45, 7) is 0. The van der Waals surface area contributed by atoms with Crippen molar-refractivity contribution in [3.05, 3.63) is 75.7 Å². The van der Waals surface area contributed by atoms with Gasteiger partial charge in [0.25, 0.3) is 0 Å². The molecule has 0 aliphatic heterocycles. The van der Waals surface area contributed by atoms with Crippen LogP contribution >= 0.6 is 31.9 Å². The minimum Gasteiger partial charge on any atom is -0.352 e. The molecule has 0 spiro atoms. The van der Waals surface area contributed by atoms with Crippen LogP contribution in [0, 0.1) is 5.82 Å². The molecule has 0 amide bonds. The maximum absolute atomic E-state index is 14.3. The summed E-state index contributed by atoms with van der Waals surface area (Å²) in [5, 5.41) is 3.15. The average molecular weight is 422 g/mol. The summed E-state index contributed by atoms with van der Waals surface area (Å²) in [6, 6.07) is 18.4. The molecule has 2 aromatic carbocycles. The van der Waals surface area contributed by atoms with Gasteiger partial charge in [-0.05, 0) is 55.6 Å². The Morgan fingerprint density at radius 1 is 0.864 bits per heavy atom. The zero-order valence-corrected chi connectivity index (χ0v) is 14.5. The monoisotopic (exact) mass is 420 g/mol. The number of pyridine rings is 1. The van der Waals surface area contributed by atoms with Crippen molar-refractivity contribution >= 4 is 43.2 Å². The Morgan fingerprint density at radius 2 is 1.55 bits per heavy atom. The van der Waals surface area contributed by atoms with Gasteiger partial charge in [-0.2, -0.15) is 0 Å². The Balaban J connectivity index is 2.07. The SMILES string of the molecule is Fc1cccc(-c2ccccc2)c1Nc1cc(Br)nc(Br)c1. The second kappa shape index (κ2) is 6.58. The number of para-hydroxylation sites is 1. The number of halogens is 3. The highest BCUT2D eigenvalue weighted by molar-refractivity contribution is 9.11. The number of benzene rings is 2. The molecule has 0 unspecified atom stereocenters. The lowest BCUT2D eigenvalue weighted by Gasteiger charge is -2.14. The largest absolute Gasteiger partial charge is 0.352 e. The molecule has 1 N–H and O–H groups in total. The molecule has 0 atom stereocenters. The van der Waals surface area contributed by atoms with E-state index in [0.717, 1.165) is 16.8 Å². The lowest BCUT2D eigenvalue weighted by Crippen LogP contribution is -1.97. The van der Waals surface area contributed by atoms with Gasteiger partial charge in [-0.3, -0.25) is 0 Å². The second-order valence-corrected chi connectivity index (χ2v) is 6.28. The first-order chi connectivity index (χ1) is 10.6. The van der Waals surface area contributed by atoms with Crippen molar-refractivity contribution < 1.29 is 4.39 Å². The summed E-state index contributed by atoms with van der Waals surface area (Å²) < 4.78 is 15.7. The third-order valence-electron chi connectivity index (χ3n) is 3.13. The molecule has 0 saturated carbocycles. The summed E-state index contributed by atoms with van der Waals surface area (Å²) in [7, 11) is 0. The fraction of sp³-hybridized carbons (Fsp3) is 0. The van der Waals surface area contributed by atoms with E-state index in [1.807, 2.05) is 36.4 Å². The standard InChI is InChI=1S/C17H11Br2FN2/c18-15-9-12(10-16(19)22-15)21-17-13(7-4-8-14(17)20)11-5-2-1-3-6-11/h1-10H,(H,21,22). The van der Waals surface area contributed by atoms with Gasteiger partial charge in [-0.25, -0.2) is 9.37 Å². The van der Waals surface area contributed by atoms with Gasteiger partial charge in [0, 0.05) is 11.3 Å². The average Bonchev–Trinajstić information content (AvgIpc) is 2.49. The molecule has 1 aromatic heterocycles. The van der Waals surface area contributed by atoms with Crippen molar-refractivity contribution in [1.29, 1.82) is 0 Å². The Morgan fingerprint density at radius 3 is 2.23 bits per heavy atom. The zero-order valence-electron chi connectivity index (χ0n) is 11.4. The van der Waals surface area contributed by atoms with Gasteiger partial charge in [0.1, 0.15) is 15.0 Å². The van der Waals surface area contributed by atoms with Crippen LogP contribution in [-0.2, 0) is 0 Å². The maximum Gasteiger partial charge on any atom is 0.147 e. The van der Waals surface area contributed by atoms with Crippen LogP contribution in [0.5, 0.6) is 0 Å². The molecule has 0 fully saturated rings. The van der Waals surface area contributed by atoms with Crippen molar-refractivity contribution in [3.63, 3.8) is 0 Å². The predicted molar refractivity (Wildman–Crippen MR) is 94.8 cm³/mol. The highest BCUT2D eigenvalue weighted by Crippen LogP contribution is 2.33. The number of hydrogen-bond acceptors (Lipinski definition) is 2. The van der Waals surface area contributed by atoms with Gasteiger partial charge < -0.3 is 5.32 Å². The fourth-order valence-corrected chi connectivity index (χ4v) is 3.30. The highest BCUT2D eigenvalue weighted by atomic mass is 79.9. The second-order valence-electron chi connectivity index (χ2n) is 4.65. The van der Waals surface area contributed by atoms with Crippen LogP contribution in [0.2, 0.25) is 0 Å². The van der Waals surface area contributed by atoms with Crippen molar-refractivity contribution in [2.75, 3.05) is 5.32 Å². The minimum absolute atomic E-state index is 0.301. The zero-order chi connectivity index (χ0) is 15.5. The topological polar surface area (TPSA) is 24.9 Å². The predicted octanol–water partition coefficient (Wildman–Crippen LogP) is 6.16. The number of nitrogens with one attached hydrogen (secondary N) is 1. The first-order valence-electron chi connectivity index (χ1n) is 6.57. The Bertz CT molecular complexity index is 787. The molecule has 3 aromatic rings. The lowest BCUT2D eigenvalue weighted by molar-refractivity contribution is 0.632. The van der Waals surface area contributed by atoms with Crippen molar-refractivity contribution in [2.45, 2.75) is 0 Å². The highest BCUT2D eigenvalue weighted by Gasteiger charge is 2.11. The Labute approximate surface area is 144 Å². The van der Waals surface area contributed by atoms with Gasteiger partial charge in [0.2, 0.25) is 0 Å². The summed E-state index contributed by atoms with van der Waals surface area (Å²) in [6.07, 6.45) is 0. The molecule has 0 bridgehead atoms. The molecular formula is C17H11Br2FN2. The minimum atomic E-state index is -0.301. The van der Waals surface area contributed by atoms with Gasteiger partial charge in [-0.1, -0.05) is 42.5 Å². The normalized spacial score (nSPS) is 10.5. The van der Waals surface area contributed by atoms with Crippen LogP contribution in [0.3, 0.4) is 0 Å². The van der Waals surface area contributed by atoms with Crippen LogP contribution in [0.4, 0.5) is 15.8 Å².